The lowest BCUT2D eigenvalue weighted by atomic mass is 10.0. The van der Waals surface area contributed by atoms with E-state index >= 15 is 0 Å². The van der Waals surface area contributed by atoms with Crippen molar-refractivity contribution in [2.45, 2.75) is 33.3 Å². The zero-order chi connectivity index (χ0) is 30.2. The number of halogens is 3. The Kier molecular flexibility index (Phi) is 7.60. The average Bonchev–Trinajstić information content (AvgIpc) is 3.68. The molecule has 0 unspecified atom stereocenters. The topological polar surface area (TPSA) is 139 Å². The predicted molar refractivity (Wildman–Crippen MR) is 149 cm³/mol. The summed E-state index contributed by atoms with van der Waals surface area (Å²) >= 11 is 0.658. The fourth-order valence-corrected chi connectivity index (χ4v) is 5.33. The Balaban J connectivity index is 1.51. The summed E-state index contributed by atoms with van der Waals surface area (Å²) in [6, 6.07) is 9.20. The first-order valence-corrected chi connectivity index (χ1v) is 13.3. The molecule has 15 heteroatoms. The molecule has 0 radical (unpaired) electrons. The smallest absolute Gasteiger partial charge is 0.433 e. The zero-order valence-electron chi connectivity index (χ0n) is 22.5. The van der Waals surface area contributed by atoms with Crippen molar-refractivity contribution in [1.29, 1.82) is 0 Å². The van der Waals surface area contributed by atoms with Crippen LogP contribution in [0.15, 0.2) is 48.8 Å². The first kappa shape index (κ1) is 28.6. The Morgan fingerprint density at radius 2 is 1.83 bits per heavy atom. The van der Waals surface area contributed by atoms with Gasteiger partial charge >= 0.3 is 6.18 Å². The molecule has 0 saturated carbocycles. The third-order valence-corrected chi connectivity index (χ3v) is 7.50. The Labute approximate surface area is 240 Å². The number of pyridine rings is 1. The summed E-state index contributed by atoms with van der Waals surface area (Å²) in [5.74, 6) is -0.438. The Morgan fingerprint density at radius 3 is 2.45 bits per heavy atom. The molecule has 0 saturated heterocycles. The van der Waals surface area contributed by atoms with E-state index in [9.17, 15) is 22.8 Å². The first-order chi connectivity index (χ1) is 20.0. The molecule has 0 bridgehead atoms. The van der Waals surface area contributed by atoms with Crippen LogP contribution in [0.1, 0.15) is 38.5 Å². The van der Waals surface area contributed by atoms with Gasteiger partial charge in [-0.05, 0) is 55.8 Å². The van der Waals surface area contributed by atoms with Crippen LogP contribution in [0.3, 0.4) is 0 Å². The molecule has 0 fully saturated rings. The lowest BCUT2D eigenvalue weighted by molar-refractivity contribution is -0.140. The summed E-state index contributed by atoms with van der Waals surface area (Å²) < 4.78 is 55.3. The maximum atomic E-state index is 13.8. The van der Waals surface area contributed by atoms with E-state index < -0.39 is 23.7 Å². The molecule has 4 heterocycles. The number of primary amides is 1. The molecule has 42 heavy (non-hydrogen) atoms. The molecule has 2 amide bonds. The number of carbonyl (C=O) groups excluding carboxylic acids is 2. The van der Waals surface area contributed by atoms with Crippen molar-refractivity contribution in [2.24, 2.45) is 5.73 Å². The number of ether oxygens (including phenoxy) is 2. The van der Waals surface area contributed by atoms with Gasteiger partial charge in [-0.1, -0.05) is 0 Å². The summed E-state index contributed by atoms with van der Waals surface area (Å²) in [4.78, 5) is 29.2. The van der Waals surface area contributed by atoms with Crippen molar-refractivity contribution < 1.29 is 32.2 Å². The Hall–Kier alpha value is -4.92. The quantitative estimate of drug-likeness (QED) is 0.240. The van der Waals surface area contributed by atoms with Gasteiger partial charge in [-0.2, -0.15) is 23.4 Å². The molecule has 0 atom stereocenters. The number of carbonyl (C=O) groups is 2. The number of aryl methyl sites for hydroxylation is 1. The van der Waals surface area contributed by atoms with Gasteiger partial charge in [-0.3, -0.25) is 14.3 Å². The van der Waals surface area contributed by atoms with Crippen molar-refractivity contribution in [2.75, 3.05) is 12.4 Å². The molecule has 11 nitrogen and oxygen atoms in total. The fraction of sp³-hybridized carbons (Fsp3) is 0.222. The van der Waals surface area contributed by atoms with Gasteiger partial charge in [0.25, 0.3) is 11.8 Å². The number of hydrogen-bond donors (Lipinski definition) is 2. The second-order valence-electron chi connectivity index (χ2n) is 9.01. The molecule has 3 N–H and O–H groups in total. The molecular formula is C27H24F3N7O4S. The zero-order valence-corrected chi connectivity index (χ0v) is 23.3. The summed E-state index contributed by atoms with van der Waals surface area (Å²) in [5.41, 5.74) is 5.43. The van der Waals surface area contributed by atoms with Crippen molar-refractivity contribution in [3.05, 3.63) is 70.8 Å². The van der Waals surface area contributed by atoms with Gasteiger partial charge < -0.3 is 20.5 Å². The van der Waals surface area contributed by atoms with Crippen molar-refractivity contribution in [1.82, 2.24) is 24.5 Å². The number of amides is 2. The van der Waals surface area contributed by atoms with E-state index in [1.54, 1.807) is 43.0 Å². The van der Waals surface area contributed by atoms with Crippen molar-refractivity contribution >= 4 is 39.1 Å². The molecule has 0 spiro atoms. The number of anilines is 1. The summed E-state index contributed by atoms with van der Waals surface area (Å²) in [7, 11) is 1.55. The first-order valence-electron chi connectivity index (χ1n) is 12.5. The van der Waals surface area contributed by atoms with Crippen LogP contribution in [0.2, 0.25) is 0 Å². The standard InChI is InChI=1S/C27H24F3N7O4S/c1-4-37-14(2)18(12-32-37)17-11-20(27(28,29)30)33-26-21(17)22(23(42-26)24(31)38)34-25(39)19-9-10-36(35-19)13-41-16-7-5-15(40-3)6-8-16/h5-12H,4,13H2,1-3H3,(H2,31,38)(H,34,39). The fourth-order valence-electron chi connectivity index (χ4n) is 4.32. The lowest BCUT2D eigenvalue weighted by Crippen LogP contribution is -2.18. The number of rotatable bonds is 9. The van der Waals surface area contributed by atoms with Gasteiger partial charge in [-0.15, -0.1) is 11.3 Å². The van der Waals surface area contributed by atoms with Gasteiger partial charge in [0.2, 0.25) is 0 Å². The molecule has 0 aliphatic heterocycles. The highest BCUT2D eigenvalue weighted by Crippen LogP contribution is 2.44. The number of benzene rings is 1. The molecular weight excluding hydrogens is 575 g/mol. The van der Waals surface area contributed by atoms with Crippen LogP contribution in [0.4, 0.5) is 18.9 Å². The lowest BCUT2D eigenvalue weighted by Gasteiger charge is -2.12. The Morgan fingerprint density at radius 1 is 1.12 bits per heavy atom. The minimum atomic E-state index is -4.77. The molecule has 218 valence electrons. The van der Waals surface area contributed by atoms with E-state index in [2.05, 4.69) is 20.5 Å². The van der Waals surface area contributed by atoms with Gasteiger partial charge in [0, 0.05) is 29.4 Å². The van der Waals surface area contributed by atoms with E-state index in [-0.39, 0.29) is 38.8 Å². The number of hydrogen-bond acceptors (Lipinski definition) is 8. The summed E-state index contributed by atoms with van der Waals surface area (Å²) in [6.45, 7) is 4.03. The number of methoxy groups -OCH3 is 1. The average molecular weight is 600 g/mol. The minimum Gasteiger partial charge on any atom is -0.497 e. The normalized spacial score (nSPS) is 11.6. The SMILES string of the molecule is CCn1ncc(-c2cc(C(F)(F)F)nc3sc(C(N)=O)c(NC(=O)c4ccn(COc5ccc(OC)cc5)n4)c23)c1C. The van der Waals surface area contributed by atoms with Crippen LogP contribution in [-0.4, -0.2) is 43.5 Å². The highest BCUT2D eigenvalue weighted by atomic mass is 32.1. The number of nitrogens with one attached hydrogen (secondary N) is 1. The maximum absolute atomic E-state index is 13.8. The van der Waals surface area contributed by atoms with E-state index in [4.69, 9.17) is 15.2 Å². The van der Waals surface area contributed by atoms with E-state index in [0.717, 1.165) is 6.07 Å². The second-order valence-corrected chi connectivity index (χ2v) is 10.0. The van der Waals surface area contributed by atoms with Gasteiger partial charge in [0.1, 0.15) is 26.9 Å². The van der Waals surface area contributed by atoms with Gasteiger partial charge in [0.05, 0.1) is 19.0 Å². The summed E-state index contributed by atoms with van der Waals surface area (Å²) in [5, 5.41) is 11.2. The van der Waals surface area contributed by atoms with Crippen LogP contribution < -0.4 is 20.5 Å². The second kappa shape index (κ2) is 11.2. The predicted octanol–water partition coefficient (Wildman–Crippen LogP) is 5.10. The molecule has 0 aliphatic carbocycles. The maximum Gasteiger partial charge on any atom is 0.433 e. The van der Waals surface area contributed by atoms with Crippen LogP contribution in [0.5, 0.6) is 11.5 Å². The number of thiophene rings is 1. The summed E-state index contributed by atoms with van der Waals surface area (Å²) in [6.07, 6.45) is -1.81. The minimum absolute atomic E-state index is 0.0114. The number of fused-ring (bicyclic) bond motifs is 1. The van der Waals surface area contributed by atoms with Gasteiger partial charge in [-0.25, -0.2) is 9.67 Å². The third-order valence-electron chi connectivity index (χ3n) is 6.40. The van der Waals surface area contributed by atoms with Gasteiger partial charge in [0.15, 0.2) is 12.4 Å². The van der Waals surface area contributed by atoms with Crippen LogP contribution >= 0.6 is 11.3 Å². The van der Waals surface area contributed by atoms with Crippen molar-refractivity contribution in [3.8, 4) is 22.6 Å². The molecule has 5 aromatic rings. The van der Waals surface area contributed by atoms with E-state index in [1.165, 1.54) is 23.1 Å². The molecule has 1 aromatic carbocycles. The number of nitrogens with zero attached hydrogens (tertiary/aromatic N) is 5. The Bertz CT molecular complexity index is 1790. The van der Waals surface area contributed by atoms with Crippen LogP contribution in [0.25, 0.3) is 21.3 Å². The van der Waals surface area contributed by atoms with Crippen LogP contribution in [0, 0.1) is 6.92 Å². The largest absolute Gasteiger partial charge is 0.497 e. The number of nitrogens with two attached hydrogens (primary N) is 1. The molecule has 4 aromatic heterocycles. The molecule has 0 aliphatic rings. The number of aromatic nitrogens is 5. The third kappa shape index (κ3) is 5.50. The monoisotopic (exact) mass is 599 g/mol. The van der Waals surface area contributed by atoms with E-state index in [1.807, 2.05) is 6.92 Å². The van der Waals surface area contributed by atoms with E-state index in [0.29, 0.717) is 40.6 Å². The van der Waals surface area contributed by atoms with Crippen molar-refractivity contribution in [3.63, 3.8) is 0 Å². The highest BCUT2D eigenvalue weighted by molar-refractivity contribution is 7.21. The molecule has 5 rings (SSSR count). The van der Waals surface area contributed by atoms with Crippen LogP contribution in [-0.2, 0) is 19.5 Å². The highest BCUT2D eigenvalue weighted by Gasteiger charge is 2.35. The number of alkyl halides is 3.